The standard InChI is InChI=1S/C7H7NO.C5H11N/c8-7-4-2-1-3-6(7)5-9;1-2-4-6-5-3-1/h1-5H,8H2;6H,1-5H2. The van der Waals surface area contributed by atoms with Crippen molar-refractivity contribution in [1.82, 2.24) is 5.32 Å². The van der Waals surface area contributed by atoms with Crippen LogP contribution in [0, 0.1) is 0 Å². The molecule has 0 saturated carbocycles. The second kappa shape index (κ2) is 7.01. The zero-order valence-electron chi connectivity index (χ0n) is 8.91. The lowest BCUT2D eigenvalue weighted by atomic mass is 10.2. The van der Waals surface area contributed by atoms with Crippen LogP contribution in [0.15, 0.2) is 24.3 Å². The number of nitrogens with two attached hydrogens (primary N) is 1. The van der Waals surface area contributed by atoms with Crippen molar-refractivity contribution in [2.45, 2.75) is 19.3 Å². The van der Waals surface area contributed by atoms with Gasteiger partial charge in [0.1, 0.15) is 0 Å². The van der Waals surface area contributed by atoms with E-state index in [1.165, 1.54) is 32.4 Å². The molecule has 1 aromatic carbocycles. The number of benzene rings is 1. The average Bonchev–Trinajstić information content (AvgIpc) is 2.33. The maximum Gasteiger partial charge on any atom is 0.152 e. The summed E-state index contributed by atoms with van der Waals surface area (Å²) < 4.78 is 0. The van der Waals surface area contributed by atoms with E-state index in [4.69, 9.17) is 5.73 Å². The third-order valence-corrected chi connectivity index (χ3v) is 2.33. The molecule has 0 bridgehead atoms. The van der Waals surface area contributed by atoms with E-state index in [-0.39, 0.29) is 0 Å². The van der Waals surface area contributed by atoms with Crippen LogP contribution in [0.2, 0.25) is 0 Å². The van der Waals surface area contributed by atoms with Crippen molar-refractivity contribution < 1.29 is 4.79 Å². The maximum absolute atomic E-state index is 10.1. The van der Waals surface area contributed by atoms with Gasteiger partial charge in [0.05, 0.1) is 0 Å². The Morgan fingerprint density at radius 2 is 1.80 bits per heavy atom. The summed E-state index contributed by atoms with van der Waals surface area (Å²) in [6, 6.07) is 6.95. The summed E-state index contributed by atoms with van der Waals surface area (Å²) in [4.78, 5) is 10.1. The van der Waals surface area contributed by atoms with E-state index in [0.717, 1.165) is 6.29 Å². The Hall–Kier alpha value is -1.35. The summed E-state index contributed by atoms with van der Waals surface area (Å²) in [6.45, 7) is 2.50. The molecular formula is C12H18N2O. The predicted octanol–water partition coefficient (Wildman–Crippen LogP) is 1.84. The Morgan fingerprint density at radius 3 is 2.13 bits per heavy atom. The lowest BCUT2D eigenvalue weighted by Gasteiger charge is -2.08. The molecule has 1 fully saturated rings. The molecule has 15 heavy (non-hydrogen) atoms. The first-order chi connectivity index (χ1) is 7.34. The molecule has 0 spiro atoms. The summed E-state index contributed by atoms with van der Waals surface area (Å²) in [7, 11) is 0. The highest BCUT2D eigenvalue weighted by Crippen LogP contribution is 2.05. The topological polar surface area (TPSA) is 55.1 Å². The quantitative estimate of drug-likeness (QED) is 0.544. The minimum Gasteiger partial charge on any atom is -0.398 e. The zero-order chi connectivity index (χ0) is 10.9. The van der Waals surface area contributed by atoms with Gasteiger partial charge >= 0.3 is 0 Å². The number of aldehydes is 1. The van der Waals surface area contributed by atoms with E-state index in [2.05, 4.69) is 5.32 Å². The Bertz CT molecular complexity index is 284. The lowest BCUT2D eigenvalue weighted by molar-refractivity contribution is 0.112. The Balaban J connectivity index is 0.000000162. The van der Waals surface area contributed by atoms with Crippen molar-refractivity contribution >= 4 is 12.0 Å². The average molecular weight is 206 g/mol. The smallest absolute Gasteiger partial charge is 0.152 e. The molecule has 0 amide bonds. The highest BCUT2D eigenvalue weighted by Gasteiger charge is 1.93. The minimum atomic E-state index is 0.535. The van der Waals surface area contributed by atoms with Crippen LogP contribution >= 0.6 is 0 Å². The van der Waals surface area contributed by atoms with E-state index in [0.29, 0.717) is 11.3 Å². The minimum absolute atomic E-state index is 0.535. The van der Waals surface area contributed by atoms with Crippen LogP contribution in [0.4, 0.5) is 5.69 Å². The SMILES string of the molecule is C1CCNCC1.Nc1ccccc1C=O. The number of hydrogen-bond donors (Lipinski definition) is 2. The lowest BCUT2D eigenvalue weighted by Crippen LogP contribution is -2.21. The Kier molecular flexibility index (Phi) is 5.48. The van der Waals surface area contributed by atoms with Crippen molar-refractivity contribution in [3.05, 3.63) is 29.8 Å². The molecule has 82 valence electrons. The molecule has 0 aliphatic carbocycles. The highest BCUT2D eigenvalue weighted by atomic mass is 16.1. The van der Waals surface area contributed by atoms with Gasteiger partial charge in [0.15, 0.2) is 6.29 Å². The fourth-order valence-corrected chi connectivity index (χ4v) is 1.42. The number of piperidine rings is 1. The van der Waals surface area contributed by atoms with Gasteiger partial charge in [0.25, 0.3) is 0 Å². The number of hydrogen-bond acceptors (Lipinski definition) is 3. The molecule has 0 unspecified atom stereocenters. The largest absolute Gasteiger partial charge is 0.398 e. The van der Waals surface area contributed by atoms with E-state index in [9.17, 15) is 4.79 Å². The van der Waals surface area contributed by atoms with Gasteiger partial charge in [0, 0.05) is 11.3 Å². The molecule has 1 aliphatic rings. The van der Waals surface area contributed by atoms with Crippen molar-refractivity contribution in [3.63, 3.8) is 0 Å². The van der Waals surface area contributed by atoms with Gasteiger partial charge in [-0.15, -0.1) is 0 Å². The van der Waals surface area contributed by atoms with Gasteiger partial charge in [-0.25, -0.2) is 0 Å². The number of para-hydroxylation sites is 1. The molecule has 3 N–H and O–H groups in total. The van der Waals surface area contributed by atoms with Gasteiger partial charge in [-0.3, -0.25) is 4.79 Å². The first-order valence-electron chi connectivity index (χ1n) is 5.35. The van der Waals surface area contributed by atoms with E-state index < -0.39 is 0 Å². The third-order valence-electron chi connectivity index (χ3n) is 2.33. The van der Waals surface area contributed by atoms with Crippen LogP contribution in [0.5, 0.6) is 0 Å². The summed E-state index contributed by atoms with van der Waals surface area (Å²) in [5.74, 6) is 0. The first kappa shape index (κ1) is 11.7. The van der Waals surface area contributed by atoms with Gasteiger partial charge in [0.2, 0.25) is 0 Å². The fourth-order valence-electron chi connectivity index (χ4n) is 1.42. The van der Waals surface area contributed by atoms with Crippen molar-refractivity contribution in [3.8, 4) is 0 Å². The van der Waals surface area contributed by atoms with Crippen LogP contribution in [0.25, 0.3) is 0 Å². The summed E-state index contributed by atoms with van der Waals surface area (Å²) in [5.41, 5.74) is 6.49. The van der Waals surface area contributed by atoms with Gasteiger partial charge in [-0.1, -0.05) is 18.6 Å². The number of carbonyl (C=O) groups excluding carboxylic acids is 1. The predicted molar refractivity (Wildman–Crippen MR) is 63.0 cm³/mol. The molecular weight excluding hydrogens is 188 g/mol. The molecule has 1 aliphatic heterocycles. The number of anilines is 1. The van der Waals surface area contributed by atoms with Gasteiger partial charge in [-0.05, 0) is 38.1 Å². The molecule has 0 radical (unpaired) electrons. The molecule has 2 rings (SSSR count). The van der Waals surface area contributed by atoms with Crippen LogP contribution in [-0.2, 0) is 0 Å². The summed E-state index contributed by atoms with van der Waals surface area (Å²) in [5, 5.41) is 3.28. The Morgan fingerprint density at radius 1 is 1.13 bits per heavy atom. The van der Waals surface area contributed by atoms with Gasteiger partial charge in [-0.2, -0.15) is 0 Å². The molecule has 3 heteroatoms. The van der Waals surface area contributed by atoms with Gasteiger partial charge < -0.3 is 11.1 Å². The number of rotatable bonds is 1. The van der Waals surface area contributed by atoms with Crippen LogP contribution in [-0.4, -0.2) is 19.4 Å². The number of carbonyl (C=O) groups is 1. The maximum atomic E-state index is 10.1. The molecule has 1 heterocycles. The van der Waals surface area contributed by atoms with Crippen molar-refractivity contribution in [2.24, 2.45) is 0 Å². The second-order valence-electron chi connectivity index (χ2n) is 3.56. The summed E-state index contributed by atoms with van der Waals surface area (Å²) >= 11 is 0. The molecule has 3 nitrogen and oxygen atoms in total. The molecule has 0 aromatic heterocycles. The van der Waals surface area contributed by atoms with Crippen molar-refractivity contribution in [1.29, 1.82) is 0 Å². The first-order valence-corrected chi connectivity index (χ1v) is 5.35. The summed E-state index contributed by atoms with van der Waals surface area (Å²) in [6.07, 6.45) is 4.96. The van der Waals surface area contributed by atoms with E-state index >= 15 is 0 Å². The van der Waals surface area contributed by atoms with Crippen molar-refractivity contribution in [2.75, 3.05) is 18.8 Å². The zero-order valence-corrected chi connectivity index (χ0v) is 8.91. The van der Waals surface area contributed by atoms with E-state index in [1.54, 1.807) is 24.3 Å². The van der Waals surface area contributed by atoms with E-state index in [1.807, 2.05) is 0 Å². The molecule has 1 saturated heterocycles. The number of nitrogens with one attached hydrogen (secondary N) is 1. The van der Waals surface area contributed by atoms with Crippen LogP contribution < -0.4 is 11.1 Å². The third kappa shape index (κ3) is 4.61. The Labute approximate surface area is 90.7 Å². The highest BCUT2D eigenvalue weighted by molar-refractivity contribution is 5.82. The monoisotopic (exact) mass is 206 g/mol. The van der Waals surface area contributed by atoms with Crippen LogP contribution in [0.3, 0.4) is 0 Å². The fraction of sp³-hybridized carbons (Fsp3) is 0.417. The normalized spacial score (nSPS) is 14.9. The second-order valence-corrected chi connectivity index (χ2v) is 3.56. The molecule has 1 aromatic rings. The molecule has 0 atom stereocenters. The van der Waals surface area contributed by atoms with Crippen LogP contribution in [0.1, 0.15) is 29.6 Å². The number of nitrogen functional groups attached to an aromatic ring is 1.